The van der Waals surface area contributed by atoms with E-state index in [1.807, 2.05) is 31.2 Å². The van der Waals surface area contributed by atoms with Gasteiger partial charge in [-0.15, -0.1) is 0 Å². The molecule has 0 fully saturated rings. The summed E-state index contributed by atoms with van der Waals surface area (Å²) in [5.41, 5.74) is 3.37. The maximum absolute atomic E-state index is 13.6. The molecule has 0 aliphatic rings. The monoisotopic (exact) mass is 543 g/mol. The molecular weight excluding hydrogens is 509 g/mol. The third-order valence-corrected chi connectivity index (χ3v) is 6.84. The van der Waals surface area contributed by atoms with E-state index in [2.05, 4.69) is 10.6 Å². The van der Waals surface area contributed by atoms with Crippen LogP contribution < -0.4 is 10.6 Å². The second-order valence-electron chi connectivity index (χ2n) is 10.6. The lowest BCUT2D eigenvalue weighted by molar-refractivity contribution is -0.137. The second-order valence-corrected chi connectivity index (χ2v) is 10.6. The van der Waals surface area contributed by atoms with Gasteiger partial charge in [0.1, 0.15) is 17.2 Å². The number of hydrogen-bond acceptors (Lipinski definition) is 5. The summed E-state index contributed by atoms with van der Waals surface area (Å²) in [5, 5.41) is 6.62. The lowest BCUT2D eigenvalue weighted by Crippen LogP contribution is -2.37. The number of amides is 2. The quantitative estimate of drug-likeness (QED) is 0.239. The standard InChI is InChI=1S/C32H34FN3O4/c1-7-35-25-17-27-24(28(30(38)34-4)29(40-27)19-11-13-22(33)14-12-19)16-23(25)20-9-8-10-21(15-20)26(37)18-32(2,3)31(39)36(5)6/h8-17,35H,7,18H2,1-6H3,(H,34,38). The van der Waals surface area contributed by atoms with E-state index in [0.29, 0.717) is 40.0 Å². The van der Waals surface area contributed by atoms with Gasteiger partial charge in [0.2, 0.25) is 5.91 Å². The summed E-state index contributed by atoms with van der Waals surface area (Å²) >= 11 is 0. The van der Waals surface area contributed by atoms with Gasteiger partial charge in [0.05, 0.1) is 11.0 Å². The van der Waals surface area contributed by atoms with E-state index in [1.165, 1.54) is 17.0 Å². The fourth-order valence-corrected chi connectivity index (χ4v) is 4.92. The molecule has 0 radical (unpaired) electrons. The number of halogens is 1. The lowest BCUT2D eigenvalue weighted by Gasteiger charge is -2.26. The number of fused-ring (bicyclic) bond motifs is 1. The Morgan fingerprint density at radius 1 is 0.975 bits per heavy atom. The van der Waals surface area contributed by atoms with Crippen LogP contribution in [0.5, 0.6) is 0 Å². The second kappa shape index (κ2) is 11.3. The van der Waals surface area contributed by atoms with Gasteiger partial charge >= 0.3 is 0 Å². The van der Waals surface area contributed by atoms with E-state index in [-0.39, 0.29) is 29.8 Å². The lowest BCUT2D eigenvalue weighted by atomic mass is 9.84. The van der Waals surface area contributed by atoms with Crippen LogP contribution in [-0.4, -0.2) is 50.2 Å². The van der Waals surface area contributed by atoms with Crippen LogP contribution >= 0.6 is 0 Å². The molecule has 40 heavy (non-hydrogen) atoms. The first-order valence-corrected chi connectivity index (χ1v) is 13.1. The fraction of sp³-hybridized carbons (Fsp3) is 0.281. The Labute approximate surface area is 233 Å². The molecular formula is C32H34FN3O4. The summed E-state index contributed by atoms with van der Waals surface area (Å²) in [5.74, 6) is -0.638. The minimum atomic E-state index is -0.847. The van der Waals surface area contributed by atoms with Crippen molar-refractivity contribution in [2.24, 2.45) is 5.41 Å². The predicted octanol–water partition coefficient (Wildman–Crippen LogP) is 6.38. The van der Waals surface area contributed by atoms with Gasteiger partial charge in [0.25, 0.3) is 5.91 Å². The van der Waals surface area contributed by atoms with Crippen molar-refractivity contribution in [3.63, 3.8) is 0 Å². The van der Waals surface area contributed by atoms with E-state index in [0.717, 1.165) is 16.8 Å². The topological polar surface area (TPSA) is 91.6 Å². The van der Waals surface area contributed by atoms with Gasteiger partial charge in [-0.25, -0.2) is 4.39 Å². The van der Waals surface area contributed by atoms with Crippen molar-refractivity contribution in [2.45, 2.75) is 27.2 Å². The molecule has 0 aliphatic carbocycles. The molecule has 1 aromatic heterocycles. The number of hydrogen-bond donors (Lipinski definition) is 2. The van der Waals surface area contributed by atoms with Gasteiger partial charge in [-0.2, -0.15) is 0 Å². The smallest absolute Gasteiger partial charge is 0.255 e. The largest absolute Gasteiger partial charge is 0.455 e. The van der Waals surface area contributed by atoms with Crippen molar-refractivity contribution in [2.75, 3.05) is 33.0 Å². The number of carbonyl (C=O) groups is 3. The Kier molecular flexibility index (Phi) is 8.09. The molecule has 0 atom stereocenters. The summed E-state index contributed by atoms with van der Waals surface area (Å²) in [7, 11) is 4.90. The number of rotatable bonds is 9. The van der Waals surface area contributed by atoms with Crippen LogP contribution in [0.2, 0.25) is 0 Å². The number of nitrogens with one attached hydrogen (secondary N) is 2. The molecule has 2 amide bonds. The Morgan fingerprint density at radius 3 is 2.30 bits per heavy atom. The third kappa shape index (κ3) is 5.61. The number of carbonyl (C=O) groups excluding carboxylic acids is 3. The van der Waals surface area contributed by atoms with Crippen molar-refractivity contribution in [3.05, 3.63) is 77.6 Å². The van der Waals surface area contributed by atoms with E-state index in [4.69, 9.17) is 4.42 Å². The molecule has 4 aromatic rings. The summed E-state index contributed by atoms with van der Waals surface area (Å²) < 4.78 is 19.8. The maximum atomic E-state index is 13.6. The molecule has 1 heterocycles. The first-order valence-electron chi connectivity index (χ1n) is 13.1. The van der Waals surface area contributed by atoms with Crippen molar-refractivity contribution in [1.29, 1.82) is 0 Å². The van der Waals surface area contributed by atoms with E-state index in [1.54, 1.807) is 59.3 Å². The molecule has 8 heteroatoms. The van der Waals surface area contributed by atoms with Crippen LogP contribution in [0.3, 0.4) is 0 Å². The Hall–Kier alpha value is -4.46. The van der Waals surface area contributed by atoms with Crippen molar-refractivity contribution < 1.29 is 23.2 Å². The summed E-state index contributed by atoms with van der Waals surface area (Å²) in [6, 6.07) is 16.8. The Bertz CT molecular complexity index is 1590. The van der Waals surface area contributed by atoms with Crippen LogP contribution in [0.15, 0.2) is 65.1 Å². The first-order chi connectivity index (χ1) is 19.0. The average Bonchev–Trinajstić information content (AvgIpc) is 3.30. The van der Waals surface area contributed by atoms with E-state index in [9.17, 15) is 18.8 Å². The molecule has 0 aliphatic heterocycles. The zero-order valence-electron chi connectivity index (χ0n) is 23.6. The average molecular weight is 544 g/mol. The van der Waals surface area contributed by atoms with Gasteiger partial charge < -0.3 is 20.0 Å². The van der Waals surface area contributed by atoms with Crippen molar-refractivity contribution in [3.8, 4) is 22.5 Å². The highest BCUT2D eigenvalue weighted by atomic mass is 19.1. The van der Waals surface area contributed by atoms with Crippen molar-refractivity contribution in [1.82, 2.24) is 10.2 Å². The minimum absolute atomic E-state index is 0.0656. The minimum Gasteiger partial charge on any atom is -0.455 e. The van der Waals surface area contributed by atoms with E-state index < -0.39 is 5.41 Å². The number of Topliss-reactive ketones (excluding diaryl/α,β-unsaturated/α-hetero) is 1. The molecule has 0 spiro atoms. The molecule has 0 bridgehead atoms. The zero-order valence-corrected chi connectivity index (χ0v) is 23.6. The summed E-state index contributed by atoms with van der Waals surface area (Å²) in [4.78, 5) is 40.4. The Balaban J connectivity index is 1.84. The fourth-order valence-electron chi connectivity index (χ4n) is 4.92. The molecule has 2 N–H and O–H groups in total. The van der Waals surface area contributed by atoms with Crippen LogP contribution in [0.4, 0.5) is 10.1 Å². The highest BCUT2D eigenvalue weighted by molar-refractivity contribution is 6.13. The molecule has 4 rings (SSSR count). The molecule has 3 aromatic carbocycles. The highest BCUT2D eigenvalue weighted by Gasteiger charge is 2.32. The number of furan rings is 1. The predicted molar refractivity (Wildman–Crippen MR) is 156 cm³/mol. The van der Waals surface area contributed by atoms with Crippen LogP contribution in [0, 0.1) is 11.2 Å². The Morgan fingerprint density at radius 2 is 1.68 bits per heavy atom. The van der Waals surface area contributed by atoms with Gasteiger partial charge in [0, 0.05) is 67.9 Å². The van der Waals surface area contributed by atoms with Gasteiger partial charge in [-0.3, -0.25) is 14.4 Å². The van der Waals surface area contributed by atoms with Crippen LogP contribution in [0.1, 0.15) is 47.9 Å². The van der Waals surface area contributed by atoms with Crippen LogP contribution in [-0.2, 0) is 4.79 Å². The number of anilines is 1. The SMILES string of the molecule is CCNc1cc2oc(-c3ccc(F)cc3)c(C(=O)NC)c2cc1-c1cccc(C(=O)CC(C)(C)C(=O)N(C)C)c1. The summed E-state index contributed by atoms with van der Waals surface area (Å²) in [6.45, 7) is 6.14. The molecule has 0 unspecified atom stereocenters. The zero-order chi connectivity index (χ0) is 29.2. The molecule has 0 saturated carbocycles. The van der Waals surface area contributed by atoms with Gasteiger partial charge in [0.15, 0.2) is 5.78 Å². The third-order valence-electron chi connectivity index (χ3n) is 6.84. The number of benzene rings is 3. The van der Waals surface area contributed by atoms with Gasteiger partial charge in [-0.1, -0.05) is 32.0 Å². The highest BCUT2D eigenvalue weighted by Crippen LogP contribution is 2.40. The molecule has 7 nitrogen and oxygen atoms in total. The maximum Gasteiger partial charge on any atom is 0.255 e. The molecule has 0 saturated heterocycles. The number of ketones is 1. The van der Waals surface area contributed by atoms with E-state index >= 15 is 0 Å². The first kappa shape index (κ1) is 28.5. The summed E-state index contributed by atoms with van der Waals surface area (Å²) in [6.07, 6.45) is 0.0656. The van der Waals surface area contributed by atoms with Gasteiger partial charge in [-0.05, 0) is 48.9 Å². The molecule has 208 valence electrons. The van der Waals surface area contributed by atoms with Crippen molar-refractivity contribution >= 4 is 34.3 Å². The number of nitrogens with zero attached hydrogens (tertiary/aromatic N) is 1. The normalized spacial score (nSPS) is 11.4. The van der Waals surface area contributed by atoms with Crippen LogP contribution in [0.25, 0.3) is 33.4 Å².